The first-order valence-corrected chi connectivity index (χ1v) is 9.28. The van der Waals surface area contributed by atoms with Crippen LogP contribution in [-0.2, 0) is 9.84 Å². The Hall–Kier alpha value is -1.38. The molecule has 2 heterocycles. The molecule has 112 valence electrons. The first-order chi connectivity index (χ1) is 9.93. The zero-order chi connectivity index (χ0) is 15.0. The Morgan fingerprint density at radius 2 is 2.10 bits per heavy atom. The quantitative estimate of drug-likeness (QED) is 0.813. The summed E-state index contributed by atoms with van der Waals surface area (Å²) in [7, 11) is -3.17. The lowest BCUT2D eigenvalue weighted by atomic mass is 10.2. The highest BCUT2D eigenvalue weighted by Crippen LogP contribution is 2.25. The number of thiazole rings is 1. The van der Waals surface area contributed by atoms with Crippen LogP contribution in [0.1, 0.15) is 0 Å². The molecule has 0 unspecified atom stereocenters. The van der Waals surface area contributed by atoms with Crippen LogP contribution >= 0.6 is 22.9 Å². The predicted molar refractivity (Wildman–Crippen MR) is 83.9 cm³/mol. The molecule has 1 aliphatic heterocycles. The van der Waals surface area contributed by atoms with E-state index in [0.717, 1.165) is 10.2 Å². The summed E-state index contributed by atoms with van der Waals surface area (Å²) >= 11 is 7.29. The largest absolute Gasteiger partial charge is 0.333 e. The fraction of sp³-hybridized carbons (Fsp3) is 0.333. The Balaban J connectivity index is 1.66. The van der Waals surface area contributed by atoms with Crippen LogP contribution in [0.4, 0.5) is 9.93 Å². The number of benzene rings is 1. The van der Waals surface area contributed by atoms with Gasteiger partial charge in [0.1, 0.15) is 0 Å². The van der Waals surface area contributed by atoms with Crippen LogP contribution in [0.2, 0.25) is 0 Å². The van der Waals surface area contributed by atoms with Crippen LogP contribution in [0.25, 0.3) is 10.2 Å². The molecule has 1 fully saturated rings. The number of fused-ring (bicyclic) bond motifs is 1. The van der Waals surface area contributed by atoms with E-state index in [1.165, 1.54) is 11.3 Å². The minimum Gasteiger partial charge on any atom is -0.333 e. The SMILES string of the molecule is O=C(Nc1nc2ccccc2s1)N[C@H]1CS(=O)(=O)C[C@H]1Cl. The zero-order valence-corrected chi connectivity index (χ0v) is 13.1. The number of nitrogens with one attached hydrogen (secondary N) is 2. The number of carbonyl (C=O) groups is 1. The summed E-state index contributed by atoms with van der Waals surface area (Å²) in [4.78, 5) is 16.2. The van der Waals surface area contributed by atoms with Gasteiger partial charge < -0.3 is 5.32 Å². The van der Waals surface area contributed by atoms with Gasteiger partial charge in [0, 0.05) is 0 Å². The van der Waals surface area contributed by atoms with Crippen LogP contribution < -0.4 is 10.6 Å². The van der Waals surface area contributed by atoms with Crippen molar-refractivity contribution in [3.8, 4) is 0 Å². The molecule has 6 nitrogen and oxygen atoms in total. The molecule has 1 saturated heterocycles. The third-order valence-corrected chi connectivity index (χ3v) is 6.44. The first-order valence-electron chi connectivity index (χ1n) is 6.20. The molecule has 2 amide bonds. The summed E-state index contributed by atoms with van der Waals surface area (Å²) in [6.07, 6.45) is 0. The lowest BCUT2D eigenvalue weighted by Crippen LogP contribution is -2.42. The fourth-order valence-electron chi connectivity index (χ4n) is 2.16. The average molecular weight is 346 g/mol. The van der Waals surface area contributed by atoms with E-state index in [-0.39, 0.29) is 11.5 Å². The molecule has 0 bridgehead atoms. The second-order valence-corrected chi connectivity index (χ2v) is 8.53. The van der Waals surface area contributed by atoms with Gasteiger partial charge in [-0.2, -0.15) is 0 Å². The third-order valence-electron chi connectivity index (χ3n) is 3.11. The van der Waals surface area contributed by atoms with E-state index in [9.17, 15) is 13.2 Å². The van der Waals surface area contributed by atoms with Gasteiger partial charge in [0.05, 0.1) is 33.1 Å². The molecule has 1 aromatic carbocycles. The van der Waals surface area contributed by atoms with Crippen molar-refractivity contribution in [3.05, 3.63) is 24.3 Å². The van der Waals surface area contributed by atoms with Crippen molar-refractivity contribution in [2.24, 2.45) is 0 Å². The van der Waals surface area contributed by atoms with Gasteiger partial charge in [-0.3, -0.25) is 5.32 Å². The smallest absolute Gasteiger partial charge is 0.321 e. The Bertz CT molecular complexity index is 757. The number of hydrogen-bond acceptors (Lipinski definition) is 5. The van der Waals surface area contributed by atoms with Crippen molar-refractivity contribution in [2.45, 2.75) is 11.4 Å². The number of carbonyl (C=O) groups excluding carboxylic acids is 1. The number of rotatable bonds is 2. The number of hydrogen-bond donors (Lipinski definition) is 2. The van der Waals surface area contributed by atoms with E-state index in [4.69, 9.17) is 11.6 Å². The molecule has 1 aliphatic rings. The monoisotopic (exact) mass is 345 g/mol. The summed E-state index contributed by atoms with van der Waals surface area (Å²) < 4.78 is 23.8. The molecule has 9 heteroatoms. The summed E-state index contributed by atoms with van der Waals surface area (Å²) in [5.74, 6) is -0.241. The van der Waals surface area contributed by atoms with Crippen molar-refractivity contribution in [1.29, 1.82) is 0 Å². The number of alkyl halides is 1. The standard InChI is InChI=1S/C12H12ClN3O3S2/c13-7-5-21(18,19)6-9(7)14-11(17)16-12-15-8-3-1-2-4-10(8)20-12/h1-4,7,9H,5-6H2,(H2,14,15,16,17)/t7-,9+/m1/s1. The first kappa shape index (κ1) is 14.6. The second kappa shape index (κ2) is 5.43. The maximum absolute atomic E-state index is 11.9. The molecular formula is C12H12ClN3O3S2. The van der Waals surface area contributed by atoms with E-state index in [0.29, 0.717) is 5.13 Å². The highest BCUT2D eigenvalue weighted by atomic mass is 35.5. The number of sulfone groups is 1. The van der Waals surface area contributed by atoms with E-state index in [2.05, 4.69) is 15.6 Å². The van der Waals surface area contributed by atoms with Crippen molar-refractivity contribution < 1.29 is 13.2 Å². The molecule has 2 atom stereocenters. The van der Waals surface area contributed by atoms with Gasteiger partial charge in [-0.1, -0.05) is 23.5 Å². The number of amides is 2. The van der Waals surface area contributed by atoms with Gasteiger partial charge in [0.15, 0.2) is 15.0 Å². The average Bonchev–Trinajstić information content (AvgIpc) is 2.89. The number of para-hydroxylation sites is 1. The summed E-state index contributed by atoms with van der Waals surface area (Å²) in [5, 5.41) is 5.05. The van der Waals surface area contributed by atoms with E-state index < -0.39 is 27.3 Å². The molecule has 1 aromatic heterocycles. The zero-order valence-electron chi connectivity index (χ0n) is 10.7. The number of halogens is 1. The summed E-state index contributed by atoms with van der Waals surface area (Å²) in [6, 6.07) is 6.45. The molecule has 3 rings (SSSR count). The van der Waals surface area contributed by atoms with Crippen LogP contribution in [0.15, 0.2) is 24.3 Å². The topological polar surface area (TPSA) is 88.2 Å². The Morgan fingerprint density at radius 1 is 1.33 bits per heavy atom. The minimum atomic E-state index is -3.17. The maximum atomic E-state index is 11.9. The molecule has 21 heavy (non-hydrogen) atoms. The molecule has 0 saturated carbocycles. The van der Waals surface area contributed by atoms with Crippen molar-refractivity contribution in [1.82, 2.24) is 10.3 Å². The minimum absolute atomic E-state index is 0.110. The molecule has 2 N–H and O–H groups in total. The Morgan fingerprint density at radius 3 is 2.76 bits per heavy atom. The lowest BCUT2D eigenvalue weighted by Gasteiger charge is -2.13. The van der Waals surface area contributed by atoms with Crippen LogP contribution in [0, 0.1) is 0 Å². The number of nitrogens with zero attached hydrogens (tertiary/aromatic N) is 1. The van der Waals surface area contributed by atoms with E-state index in [1.54, 1.807) is 0 Å². The third kappa shape index (κ3) is 3.28. The van der Waals surface area contributed by atoms with E-state index in [1.807, 2.05) is 24.3 Å². The maximum Gasteiger partial charge on any atom is 0.321 e. The lowest BCUT2D eigenvalue weighted by molar-refractivity contribution is 0.249. The van der Waals surface area contributed by atoms with Gasteiger partial charge in [-0.25, -0.2) is 18.2 Å². The van der Waals surface area contributed by atoms with Gasteiger partial charge >= 0.3 is 6.03 Å². The molecule has 0 spiro atoms. The van der Waals surface area contributed by atoms with Gasteiger partial charge in [-0.05, 0) is 12.1 Å². The summed E-state index contributed by atoms with van der Waals surface area (Å²) in [5.41, 5.74) is 0.802. The predicted octanol–water partition coefficient (Wildman–Crippen LogP) is 1.82. The summed E-state index contributed by atoms with van der Waals surface area (Å²) in [6.45, 7) is 0. The van der Waals surface area contributed by atoms with Gasteiger partial charge in [0.25, 0.3) is 0 Å². The highest BCUT2D eigenvalue weighted by Gasteiger charge is 2.37. The molecular weight excluding hydrogens is 334 g/mol. The van der Waals surface area contributed by atoms with Crippen molar-refractivity contribution in [3.63, 3.8) is 0 Å². The van der Waals surface area contributed by atoms with Crippen molar-refractivity contribution in [2.75, 3.05) is 16.8 Å². The Kier molecular flexibility index (Phi) is 3.76. The molecule has 0 aliphatic carbocycles. The molecule has 2 aromatic rings. The second-order valence-electron chi connectivity index (χ2n) is 4.78. The van der Waals surface area contributed by atoms with Crippen LogP contribution in [0.5, 0.6) is 0 Å². The number of aromatic nitrogens is 1. The van der Waals surface area contributed by atoms with Crippen molar-refractivity contribution >= 4 is 54.2 Å². The highest BCUT2D eigenvalue weighted by molar-refractivity contribution is 7.91. The normalized spacial score (nSPS) is 24.0. The van der Waals surface area contributed by atoms with E-state index >= 15 is 0 Å². The van der Waals surface area contributed by atoms with Crippen LogP contribution in [-0.4, -0.2) is 42.4 Å². The fourth-order valence-corrected chi connectivity index (χ4v) is 5.57. The van der Waals surface area contributed by atoms with Gasteiger partial charge in [0.2, 0.25) is 0 Å². The Labute approximate surface area is 130 Å². The number of anilines is 1. The molecule has 0 radical (unpaired) electrons. The number of urea groups is 1. The van der Waals surface area contributed by atoms with Gasteiger partial charge in [-0.15, -0.1) is 11.6 Å². The van der Waals surface area contributed by atoms with Crippen LogP contribution in [0.3, 0.4) is 0 Å².